The average Bonchev–Trinajstić information content (AvgIpc) is 3.08. The summed E-state index contributed by atoms with van der Waals surface area (Å²) in [5.74, 6) is -0.204. The number of ketones is 1. The monoisotopic (exact) mass is 441 g/mol. The molecule has 32 heavy (non-hydrogen) atoms. The maximum Gasteiger partial charge on any atom is 0.295 e. The molecule has 1 heterocycles. The summed E-state index contributed by atoms with van der Waals surface area (Å²) in [6.45, 7) is 0.712. The highest BCUT2D eigenvalue weighted by Gasteiger charge is 2.46. The van der Waals surface area contributed by atoms with E-state index in [0.717, 1.165) is 0 Å². The number of aliphatic hydroxyl groups excluding tert-OH is 1. The third-order valence-electron chi connectivity index (χ3n) is 5.35. The van der Waals surface area contributed by atoms with Crippen LogP contribution in [-0.2, 0) is 14.3 Å². The molecule has 8 nitrogen and oxygen atoms in total. The van der Waals surface area contributed by atoms with Gasteiger partial charge < -0.3 is 29.0 Å². The Morgan fingerprint density at radius 3 is 2.38 bits per heavy atom. The SMILES string of the molecule is COCCCN1C(=O)C(=O)/C(=C(\O)c2cccc(OC)c2)C1c1ccc(OC)c(OC)c1. The zero-order valence-electron chi connectivity index (χ0n) is 18.6. The third-order valence-corrected chi connectivity index (χ3v) is 5.35. The molecule has 2 aromatic carbocycles. The predicted molar refractivity (Wildman–Crippen MR) is 118 cm³/mol. The number of benzene rings is 2. The van der Waals surface area contributed by atoms with Crippen molar-refractivity contribution in [2.75, 3.05) is 41.6 Å². The van der Waals surface area contributed by atoms with Gasteiger partial charge >= 0.3 is 0 Å². The highest BCUT2D eigenvalue weighted by molar-refractivity contribution is 6.46. The summed E-state index contributed by atoms with van der Waals surface area (Å²) in [4.78, 5) is 27.4. The number of carbonyl (C=O) groups is 2. The van der Waals surface area contributed by atoms with Crippen LogP contribution < -0.4 is 14.2 Å². The second-order valence-electron chi connectivity index (χ2n) is 7.19. The quantitative estimate of drug-likeness (QED) is 0.276. The van der Waals surface area contributed by atoms with Crippen molar-refractivity contribution < 1.29 is 33.6 Å². The summed E-state index contributed by atoms with van der Waals surface area (Å²) in [5.41, 5.74) is 1.00. The van der Waals surface area contributed by atoms with Crippen LogP contribution in [0, 0.1) is 0 Å². The predicted octanol–water partition coefficient (Wildman–Crippen LogP) is 3.17. The Kier molecular flexibility index (Phi) is 7.37. The normalized spacial score (nSPS) is 17.5. The van der Waals surface area contributed by atoms with Gasteiger partial charge in [-0.15, -0.1) is 0 Å². The summed E-state index contributed by atoms with van der Waals surface area (Å²) in [6, 6.07) is 11.1. The average molecular weight is 441 g/mol. The Hall–Kier alpha value is -3.52. The van der Waals surface area contributed by atoms with Gasteiger partial charge in [0.25, 0.3) is 11.7 Å². The van der Waals surface area contributed by atoms with Gasteiger partial charge in [0.15, 0.2) is 11.5 Å². The summed E-state index contributed by atoms with van der Waals surface area (Å²) in [7, 11) is 6.12. The number of hydrogen-bond acceptors (Lipinski definition) is 7. The first kappa shape index (κ1) is 23.1. The third kappa shape index (κ3) is 4.40. The zero-order valence-corrected chi connectivity index (χ0v) is 18.6. The number of carbonyl (C=O) groups excluding carboxylic acids is 2. The highest BCUT2D eigenvalue weighted by Crippen LogP contribution is 2.42. The zero-order chi connectivity index (χ0) is 23.3. The van der Waals surface area contributed by atoms with E-state index in [0.29, 0.717) is 41.4 Å². The lowest BCUT2D eigenvalue weighted by atomic mass is 9.95. The standard InChI is InChI=1S/C24H27NO7/c1-29-12-6-11-25-21(15-9-10-18(31-3)19(14-15)32-4)20(23(27)24(25)28)22(26)16-7-5-8-17(13-16)30-2/h5,7-10,13-14,21,26H,6,11-12H2,1-4H3/b22-20-. The van der Waals surface area contributed by atoms with Gasteiger partial charge in [0.2, 0.25) is 0 Å². The van der Waals surface area contributed by atoms with E-state index in [4.69, 9.17) is 18.9 Å². The molecule has 8 heteroatoms. The first-order valence-corrected chi connectivity index (χ1v) is 10.1. The van der Waals surface area contributed by atoms with Gasteiger partial charge in [-0.05, 0) is 36.2 Å². The molecule has 170 valence electrons. The minimum Gasteiger partial charge on any atom is -0.507 e. The number of hydrogen-bond donors (Lipinski definition) is 1. The van der Waals surface area contributed by atoms with Crippen LogP contribution in [0.5, 0.6) is 17.2 Å². The molecule has 1 N–H and O–H groups in total. The Labute approximate surface area is 187 Å². The lowest BCUT2D eigenvalue weighted by Gasteiger charge is -2.26. The second kappa shape index (κ2) is 10.2. The molecule has 0 bridgehead atoms. The van der Waals surface area contributed by atoms with Gasteiger partial charge in [0.05, 0.1) is 32.9 Å². The van der Waals surface area contributed by atoms with Crippen molar-refractivity contribution in [1.29, 1.82) is 0 Å². The molecule has 1 aliphatic rings. The fourth-order valence-electron chi connectivity index (χ4n) is 3.79. The van der Waals surface area contributed by atoms with Crippen LogP contribution >= 0.6 is 0 Å². The van der Waals surface area contributed by atoms with Gasteiger partial charge in [-0.25, -0.2) is 0 Å². The van der Waals surface area contributed by atoms with Gasteiger partial charge in [-0.1, -0.05) is 18.2 Å². The molecule has 1 aliphatic heterocycles. The van der Waals surface area contributed by atoms with Gasteiger partial charge in [-0.2, -0.15) is 0 Å². The Balaban J connectivity index is 2.17. The molecule has 1 atom stereocenters. The van der Waals surface area contributed by atoms with E-state index in [9.17, 15) is 14.7 Å². The highest BCUT2D eigenvalue weighted by atomic mass is 16.5. The van der Waals surface area contributed by atoms with E-state index in [1.165, 1.54) is 26.2 Å². The lowest BCUT2D eigenvalue weighted by molar-refractivity contribution is -0.140. The van der Waals surface area contributed by atoms with E-state index < -0.39 is 17.7 Å². The number of ether oxygens (including phenoxy) is 4. The van der Waals surface area contributed by atoms with Gasteiger partial charge in [-0.3, -0.25) is 9.59 Å². The lowest BCUT2D eigenvalue weighted by Crippen LogP contribution is -2.31. The van der Waals surface area contributed by atoms with Crippen molar-refractivity contribution in [2.45, 2.75) is 12.5 Å². The number of rotatable bonds is 9. The van der Waals surface area contributed by atoms with Crippen LogP contribution in [0.2, 0.25) is 0 Å². The Morgan fingerprint density at radius 2 is 1.72 bits per heavy atom. The van der Waals surface area contributed by atoms with Crippen LogP contribution in [0.3, 0.4) is 0 Å². The molecule has 0 saturated carbocycles. The summed E-state index contributed by atoms with van der Waals surface area (Å²) < 4.78 is 21.0. The smallest absolute Gasteiger partial charge is 0.295 e. The molecular weight excluding hydrogens is 414 g/mol. The minimum atomic E-state index is -0.794. The summed E-state index contributed by atoms with van der Waals surface area (Å²) in [5, 5.41) is 11.1. The van der Waals surface area contributed by atoms with Crippen molar-refractivity contribution >= 4 is 17.4 Å². The van der Waals surface area contributed by atoms with Crippen molar-refractivity contribution in [3.63, 3.8) is 0 Å². The minimum absolute atomic E-state index is 0.00731. The molecular formula is C24H27NO7. The topological polar surface area (TPSA) is 94.5 Å². The number of likely N-dealkylation sites (tertiary alicyclic amines) is 1. The number of Topliss-reactive ketones (excluding diaryl/α,β-unsaturated/α-hetero) is 1. The van der Waals surface area contributed by atoms with Crippen molar-refractivity contribution in [1.82, 2.24) is 4.90 Å². The van der Waals surface area contributed by atoms with E-state index in [-0.39, 0.29) is 17.9 Å². The molecule has 0 radical (unpaired) electrons. The molecule has 1 fully saturated rings. The largest absolute Gasteiger partial charge is 0.507 e. The van der Waals surface area contributed by atoms with E-state index >= 15 is 0 Å². The second-order valence-corrected chi connectivity index (χ2v) is 7.19. The summed E-state index contributed by atoms with van der Waals surface area (Å²) >= 11 is 0. The Morgan fingerprint density at radius 1 is 0.969 bits per heavy atom. The summed E-state index contributed by atoms with van der Waals surface area (Å²) in [6.07, 6.45) is 0.534. The number of aliphatic hydroxyl groups is 1. The van der Waals surface area contributed by atoms with Crippen LogP contribution in [-0.4, -0.2) is 63.3 Å². The first-order valence-electron chi connectivity index (χ1n) is 10.1. The number of amides is 1. The van der Waals surface area contributed by atoms with Crippen molar-refractivity contribution in [3.05, 3.63) is 59.2 Å². The van der Waals surface area contributed by atoms with E-state index in [1.54, 1.807) is 49.6 Å². The molecule has 3 rings (SSSR count). The fourth-order valence-corrected chi connectivity index (χ4v) is 3.79. The van der Waals surface area contributed by atoms with E-state index in [1.807, 2.05) is 0 Å². The molecule has 1 amide bonds. The number of methoxy groups -OCH3 is 4. The van der Waals surface area contributed by atoms with Crippen LogP contribution in [0.1, 0.15) is 23.6 Å². The first-order chi connectivity index (χ1) is 15.5. The Bertz CT molecular complexity index is 1030. The van der Waals surface area contributed by atoms with Crippen molar-refractivity contribution in [2.24, 2.45) is 0 Å². The van der Waals surface area contributed by atoms with Crippen LogP contribution in [0.15, 0.2) is 48.0 Å². The molecule has 1 unspecified atom stereocenters. The maximum absolute atomic E-state index is 13.1. The molecule has 0 spiro atoms. The van der Waals surface area contributed by atoms with Crippen molar-refractivity contribution in [3.8, 4) is 17.2 Å². The molecule has 0 aromatic heterocycles. The molecule has 0 aliphatic carbocycles. The maximum atomic E-state index is 13.1. The van der Waals surface area contributed by atoms with Gasteiger partial charge in [0, 0.05) is 25.8 Å². The fraction of sp³-hybridized carbons (Fsp3) is 0.333. The van der Waals surface area contributed by atoms with Gasteiger partial charge in [0.1, 0.15) is 11.5 Å². The van der Waals surface area contributed by atoms with Crippen LogP contribution in [0.4, 0.5) is 0 Å². The molecule has 2 aromatic rings. The molecule has 1 saturated heterocycles. The van der Waals surface area contributed by atoms with Crippen LogP contribution in [0.25, 0.3) is 5.76 Å². The number of nitrogens with zero attached hydrogens (tertiary/aromatic N) is 1. The van der Waals surface area contributed by atoms with E-state index in [2.05, 4.69) is 0 Å².